The summed E-state index contributed by atoms with van der Waals surface area (Å²) in [6, 6.07) is 15.0. The molecule has 1 saturated heterocycles. The lowest BCUT2D eigenvalue weighted by atomic mass is 9.80. The summed E-state index contributed by atoms with van der Waals surface area (Å²) in [5.74, 6) is 0.951. The molecule has 3 rings (SSSR count). The summed E-state index contributed by atoms with van der Waals surface area (Å²) in [6.45, 7) is 8.33. The quantitative estimate of drug-likeness (QED) is 0.941. The predicted octanol–water partition coefficient (Wildman–Crippen LogP) is 3.28. The van der Waals surface area contributed by atoms with Gasteiger partial charge in [-0.3, -0.25) is 4.90 Å². The van der Waals surface area contributed by atoms with Gasteiger partial charge in [0.15, 0.2) is 0 Å². The SMILES string of the molecule is CC1(C)CN(CCOc2ccc3ccccc3c2)CCC1N. The van der Waals surface area contributed by atoms with Crippen LogP contribution in [0.5, 0.6) is 5.75 Å². The third kappa shape index (κ3) is 3.42. The molecule has 3 nitrogen and oxygen atoms in total. The van der Waals surface area contributed by atoms with Crippen LogP contribution in [0.1, 0.15) is 20.3 Å². The first kappa shape index (κ1) is 15.3. The molecule has 1 aliphatic rings. The lowest BCUT2D eigenvalue weighted by Crippen LogP contribution is -2.53. The second-order valence-electron chi connectivity index (χ2n) is 7.02. The van der Waals surface area contributed by atoms with E-state index in [0.29, 0.717) is 6.04 Å². The van der Waals surface area contributed by atoms with Gasteiger partial charge in [0.2, 0.25) is 0 Å². The molecule has 0 saturated carbocycles. The summed E-state index contributed by atoms with van der Waals surface area (Å²) in [5, 5.41) is 2.48. The van der Waals surface area contributed by atoms with Crippen molar-refractivity contribution in [2.75, 3.05) is 26.2 Å². The summed E-state index contributed by atoms with van der Waals surface area (Å²) in [6.07, 6.45) is 1.07. The van der Waals surface area contributed by atoms with Crippen molar-refractivity contribution in [3.63, 3.8) is 0 Å². The molecule has 0 radical (unpaired) electrons. The maximum absolute atomic E-state index is 6.19. The van der Waals surface area contributed by atoms with E-state index in [1.54, 1.807) is 0 Å². The molecule has 0 spiro atoms. The van der Waals surface area contributed by atoms with Gasteiger partial charge in [-0.05, 0) is 41.3 Å². The molecular formula is C19H26N2O. The average Bonchev–Trinajstić information content (AvgIpc) is 2.50. The fourth-order valence-corrected chi connectivity index (χ4v) is 3.23. The van der Waals surface area contributed by atoms with Gasteiger partial charge in [0, 0.05) is 19.1 Å². The van der Waals surface area contributed by atoms with Gasteiger partial charge in [-0.1, -0.05) is 44.2 Å². The highest BCUT2D eigenvalue weighted by atomic mass is 16.5. The fraction of sp³-hybridized carbons (Fsp3) is 0.474. The van der Waals surface area contributed by atoms with Gasteiger partial charge in [-0.2, -0.15) is 0 Å². The lowest BCUT2D eigenvalue weighted by Gasteiger charge is -2.42. The molecule has 1 fully saturated rings. The third-order valence-corrected chi connectivity index (χ3v) is 4.79. The van der Waals surface area contributed by atoms with Gasteiger partial charge in [-0.15, -0.1) is 0 Å². The number of hydrogen-bond acceptors (Lipinski definition) is 3. The van der Waals surface area contributed by atoms with Gasteiger partial charge >= 0.3 is 0 Å². The number of hydrogen-bond donors (Lipinski definition) is 1. The first-order valence-electron chi connectivity index (χ1n) is 8.14. The molecule has 0 amide bonds. The van der Waals surface area contributed by atoms with Gasteiger partial charge in [-0.25, -0.2) is 0 Å². The van der Waals surface area contributed by atoms with Crippen LogP contribution in [-0.4, -0.2) is 37.2 Å². The highest BCUT2D eigenvalue weighted by Crippen LogP contribution is 2.27. The van der Waals surface area contributed by atoms with E-state index in [1.165, 1.54) is 10.8 Å². The molecule has 22 heavy (non-hydrogen) atoms. The molecule has 2 N–H and O–H groups in total. The Morgan fingerprint density at radius 2 is 1.95 bits per heavy atom. The van der Waals surface area contributed by atoms with E-state index in [1.807, 2.05) is 0 Å². The standard InChI is InChI=1S/C19H26N2O/c1-19(2)14-21(10-9-18(19)20)11-12-22-17-8-7-15-5-3-4-6-16(15)13-17/h3-8,13,18H,9-12,14,20H2,1-2H3. The van der Waals surface area contributed by atoms with Crippen molar-refractivity contribution in [1.29, 1.82) is 0 Å². The molecule has 3 heteroatoms. The average molecular weight is 298 g/mol. The number of nitrogens with two attached hydrogens (primary N) is 1. The van der Waals surface area contributed by atoms with E-state index in [-0.39, 0.29) is 5.41 Å². The van der Waals surface area contributed by atoms with E-state index < -0.39 is 0 Å². The Hall–Kier alpha value is -1.58. The lowest BCUT2D eigenvalue weighted by molar-refractivity contribution is 0.0831. The number of fused-ring (bicyclic) bond motifs is 1. The van der Waals surface area contributed by atoms with Crippen LogP contribution in [0, 0.1) is 5.41 Å². The number of likely N-dealkylation sites (tertiary alicyclic amines) is 1. The summed E-state index contributed by atoms with van der Waals surface area (Å²) in [7, 11) is 0. The Balaban J connectivity index is 1.54. The smallest absolute Gasteiger partial charge is 0.120 e. The van der Waals surface area contributed by atoms with Crippen LogP contribution in [-0.2, 0) is 0 Å². The van der Waals surface area contributed by atoms with E-state index >= 15 is 0 Å². The second kappa shape index (κ2) is 6.27. The molecule has 0 aromatic heterocycles. The van der Waals surface area contributed by atoms with Crippen molar-refractivity contribution in [2.24, 2.45) is 11.1 Å². The number of nitrogens with zero attached hydrogens (tertiary/aromatic N) is 1. The van der Waals surface area contributed by atoms with Gasteiger partial charge < -0.3 is 10.5 Å². The summed E-state index contributed by atoms with van der Waals surface area (Å²) >= 11 is 0. The second-order valence-corrected chi connectivity index (χ2v) is 7.02. The zero-order chi connectivity index (χ0) is 15.6. The summed E-state index contributed by atoms with van der Waals surface area (Å²) in [4.78, 5) is 2.46. The van der Waals surface area contributed by atoms with E-state index in [2.05, 4.69) is 61.2 Å². The predicted molar refractivity (Wildman–Crippen MR) is 92.3 cm³/mol. The molecule has 1 atom stereocenters. The Kier molecular flexibility index (Phi) is 4.37. The van der Waals surface area contributed by atoms with E-state index in [0.717, 1.165) is 38.4 Å². The van der Waals surface area contributed by atoms with E-state index in [4.69, 9.17) is 10.5 Å². The molecule has 118 valence electrons. The van der Waals surface area contributed by atoms with Crippen LogP contribution in [0.3, 0.4) is 0 Å². The van der Waals surface area contributed by atoms with Crippen molar-refractivity contribution in [3.8, 4) is 5.75 Å². The van der Waals surface area contributed by atoms with Gasteiger partial charge in [0.25, 0.3) is 0 Å². The van der Waals surface area contributed by atoms with Crippen LogP contribution in [0.25, 0.3) is 10.8 Å². The number of piperidine rings is 1. The van der Waals surface area contributed by atoms with E-state index in [9.17, 15) is 0 Å². The van der Waals surface area contributed by atoms with Gasteiger partial charge in [0.05, 0.1) is 0 Å². The fourth-order valence-electron chi connectivity index (χ4n) is 3.23. The maximum Gasteiger partial charge on any atom is 0.120 e. The minimum Gasteiger partial charge on any atom is -0.492 e. The largest absolute Gasteiger partial charge is 0.492 e. The minimum absolute atomic E-state index is 0.196. The highest BCUT2D eigenvalue weighted by molar-refractivity contribution is 5.83. The van der Waals surface area contributed by atoms with Crippen molar-refractivity contribution < 1.29 is 4.74 Å². The monoisotopic (exact) mass is 298 g/mol. The summed E-state index contributed by atoms with van der Waals surface area (Å²) in [5.41, 5.74) is 6.38. The normalized spacial score (nSPS) is 21.9. The Morgan fingerprint density at radius 3 is 2.73 bits per heavy atom. The molecular weight excluding hydrogens is 272 g/mol. The van der Waals surface area contributed by atoms with Gasteiger partial charge in [0.1, 0.15) is 12.4 Å². The Bertz CT molecular complexity index is 638. The summed E-state index contributed by atoms with van der Waals surface area (Å²) < 4.78 is 5.94. The van der Waals surface area contributed by atoms with Crippen LogP contribution >= 0.6 is 0 Å². The first-order chi connectivity index (χ1) is 10.5. The number of rotatable bonds is 4. The first-order valence-corrected chi connectivity index (χ1v) is 8.14. The Morgan fingerprint density at radius 1 is 1.18 bits per heavy atom. The zero-order valence-corrected chi connectivity index (χ0v) is 13.6. The molecule has 0 bridgehead atoms. The van der Waals surface area contributed by atoms with Crippen LogP contribution in [0.4, 0.5) is 0 Å². The number of benzene rings is 2. The number of ether oxygens (including phenoxy) is 1. The Labute approximate surface area is 133 Å². The maximum atomic E-state index is 6.19. The molecule has 1 unspecified atom stereocenters. The molecule has 0 aliphatic carbocycles. The van der Waals surface area contributed by atoms with Crippen molar-refractivity contribution in [2.45, 2.75) is 26.3 Å². The molecule has 2 aromatic rings. The van der Waals surface area contributed by atoms with Crippen LogP contribution in [0.2, 0.25) is 0 Å². The molecule has 1 aliphatic heterocycles. The van der Waals surface area contributed by atoms with Crippen LogP contribution < -0.4 is 10.5 Å². The van der Waals surface area contributed by atoms with Crippen molar-refractivity contribution in [1.82, 2.24) is 4.90 Å². The zero-order valence-electron chi connectivity index (χ0n) is 13.6. The minimum atomic E-state index is 0.196. The highest BCUT2D eigenvalue weighted by Gasteiger charge is 2.32. The molecule has 1 heterocycles. The molecule has 2 aromatic carbocycles. The van der Waals surface area contributed by atoms with Crippen molar-refractivity contribution in [3.05, 3.63) is 42.5 Å². The topological polar surface area (TPSA) is 38.5 Å². The van der Waals surface area contributed by atoms with Crippen molar-refractivity contribution >= 4 is 10.8 Å². The third-order valence-electron chi connectivity index (χ3n) is 4.79. The van der Waals surface area contributed by atoms with Crippen LogP contribution in [0.15, 0.2) is 42.5 Å².